The lowest BCUT2D eigenvalue weighted by atomic mass is 9.77. The Morgan fingerprint density at radius 1 is 0.864 bits per heavy atom. The quantitative estimate of drug-likeness (QED) is 0.707. The molecular weight excluding hydrogens is 272 g/mol. The summed E-state index contributed by atoms with van der Waals surface area (Å²) in [5, 5.41) is 23.6. The molecule has 0 spiro atoms. The maximum atomic E-state index is 10.7. The summed E-state index contributed by atoms with van der Waals surface area (Å²) in [6, 6.07) is 18.2. The molecule has 0 fully saturated rings. The lowest BCUT2D eigenvalue weighted by molar-refractivity contribution is 0.0154. The first-order valence-corrected chi connectivity index (χ1v) is 7.72. The van der Waals surface area contributed by atoms with Gasteiger partial charge in [-0.15, -0.1) is 0 Å². The van der Waals surface area contributed by atoms with Crippen molar-refractivity contribution in [3.05, 3.63) is 71.3 Å². The fourth-order valence-electron chi connectivity index (χ4n) is 3.71. The summed E-state index contributed by atoms with van der Waals surface area (Å²) in [7, 11) is 0. The predicted octanol–water partition coefficient (Wildman–Crippen LogP) is 4.15. The predicted molar refractivity (Wildman–Crippen MR) is 88.7 cm³/mol. The monoisotopic (exact) mass is 290 g/mol. The van der Waals surface area contributed by atoms with Gasteiger partial charge in [0.15, 0.2) is 0 Å². The largest absolute Gasteiger partial charge is 0.385 e. The van der Waals surface area contributed by atoms with E-state index in [4.69, 9.17) is 0 Å². The van der Waals surface area contributed by atoms with Crippen molar-refractivity contribution in [2.45, 2.75) is 25.6 Å². The molecule has 2 heteroatoms. The summed E-state index contributed by atoms with van der Waals surface area (Å²) in [5.41, 5.74) is 4.89. The van der Waals surface area contributed by atoms with Gasteiger partial charge in [0.2, 0.25) is 0 Å². The maximum Gasteiger partial charge on any atom is 0.110 e. The first kappa shape index (κ1) is 13.5. The van der Waals surface area contributed by atoms with E-state index in [9.17, 15) is 10.2 Å². The van der Waals surface area contributed by atoms with Gasteiger partial charge in [-0.1, -0.05) is 55.5 Å². The minimum atomic E-state index is -0.871. The molecule has 22 heavy (non-hydrogen) atoms. The zero-order chi connectivity index (χ0) is 15.3. The summed E-state index contributed by atoms with van der Waals surface area (Å²) in [6.07, 6.45) is -0.907. The number of benzene rings is 3. The molecular formula is C20H18O2. The standard InChI is InChI=1S/C20H18O2/c1-2-13-14-8-4-3-7-12(14)11-17-15-9-5-6-10-16(15)19(21)20(22)18(13)17/h3-11,19-22H,2H2,1H3. The van der Waals surface area contributed by atoms with Crippen molar-refractivity contribution in [2.24, 2.45) is 0 Å². The molecule has 0 aliphatic heterocycles. The molecule has 0 amide bonds. The number of hydrogen-bond acceptors (Lipinski definition) is 2. The Morgan fingerprint density at radius 2 is 1.59 bits per heavy atom. The lowest BCUT2D eigenvalue weighted by Crippen LogP contribution is -2.19. The van der Waals surface area contributed by atoms with E-state index in [0.717, 1.165) is 39.6 Å². The van der Waals surface area contributed by atoms with Gasteiger partial charge in [0.25, 0.3) is 0 Å². The van der Waals surface area contributed by atoms with Crippen LogP contribution in [0.15, 0.2) is 54.6 Å². The topological polar surface area (TPSA) is 40.5 Å². The Labute approximate surface area is 129 Å². The molecule has 0 radical (unpaired) electrons. The zero-order valence-electron chi connectivity index (χ0n) is 12.5. The van der Waals surface area contributed by atoms with Gasteiger partial charge in [-0.2, -0.15) is 0 Å². The van der Waals surface area contributed by atoms with Crippen LogP contribution in [0.4, 0.5) is 0 Å². The molecule has 3 aromatic carbocycles. The normalized spacial score (nSPS) is 19.8. The molecule has 0 saturated heterocycles. The molecule has 0 saturated carbocycles. The maximum absolute atomic E-state index is 10.7. The van der Waals surface area contributed by atoms with Crippen LogP contribution in [0.25, 0.3) is 21.9 Å². The summed E-state index contributed by atoms with van der Waals surface area (Å²) in [6.45, 7) is 2.10. The first-order chi connectivity index (χ1) is 10.7. The average Bonchev–Trinajstić information content (AvgIpc) is 2.57. The summed E-state index contributed by atoms with van der Waals surface area (Å²) in [4.78, 5) is 0. The van der Waals surface area contributed by atoms with Gasteiger partial charge in [0.05, 0.1) is 0 Å². The van der Waals surface area contributed by atoms with E-state index >= 15 is 0 Å². The van der Waals surface area contributed by atoms with Gasteiger partial charge in [0, 0.05) is 0 Å². The van der Waals surface area contributed by atoms with E-state index in [1.807, 2.05) is 36.4 Å². The van der Waals surface area contributed by atoms with Gasteiger partial charge in [-0.3, -0.25) is 0 Å². The number of hydrogen-bond donors (Lipinski definition) is 2. The van der Waals surface area contributed by atoms with Crippen LogP contribution in [-0.2, 0) is 6.42 Å². The Morgan fingerprint density at radius 3 is 2.41 bits per heavy atom. The fourth-order valence-corrected chi connectivity index (χ4v) is 3.71. The molecule has 1 aliphatic carbocycles. The highest BCUT2D eigenvalue weighted by molar-refractivity contribution is 5.94. The van der Waals surface area contributed by atoms with Gasteiger partial charge in [-0.05, 0) is 51.1 Å². The van der Waals surface area contributed by atoms with E-state index in [0.29, 0.717) is 0 Å². The van der Waals surface area contributed by atoms with Gasteiger partial charge < -0.3 is 10.2 Å². The third-order valence-corrected chi connectivity index (χ3v) is 4.72. The van der Waals surface area contributed by atoms with Crippen molar-refractivity contribution >= 4 is 10.8 Å². The zero-order valence-corrected chi connectivity index (χ0v) is 12.5. The highest BCUT2D eigenvalue weighted by Crippen LogP contribution is 2.47. The average molecular weight is 290 g/mol. The minimum absolute atomic E-state index is 0.805. The third kappa shape index (κ3) is 1.75. The molecule has 0 aromatic heterocycles. The van der Waals surface area contributed by atoms with Crippen LogP contribution in [0.1, 0.15) is 35.8 Å². The number of rotatable bonds is 1. The second-order valence-electron chi connectivity index (χ2n) is 5.87. The smallest absolute Gasteiger partial charge is 0.110 e. The highest BCUT2D eigenvalue weighted by Gasteiger charge is 2.33. The van der Waals surface area contributed by atoms with Crippen molar-refractivity contribution in [2.75, 3.05) is 0 Å². The van der Waals surface area contributed by atoms with Gasteiger partial charge in [-0.25, -0.2) is 0 Å². The fraction of sp³-hybridized carbons (Fsp3) is 0.200. The van der Waals surface area contributed by atoms with Crippen LogP contribution < -0.4 is 0 Å². The van der Waals surface area contributed by atoms with Crippen molar-refractivity contribution in [3.63, 3.8) is 0 Å². The third-order valence-electron chi connectivity index (χ3n) is 4.72. The second-order valence-corrected chi connectivity index (χ2v) is 5.87. The number of aryl methyl sites for hydroxylation is 1. The summed E-state index contributed by atoms with van der Waals surface area (Å²) < 4.78 is 0. The van der Waals surface area contributed by atoms with Crippen molar-refractivity contribution in [1.29, 1.82) is 0 Å². The number of aliphatic hydroxyl groups is 2. The Kier molecular flexibility index (Phi) is 3.03. The Hall–Kier alpha value is -2.16. The van der Waals surface area contributed by atoms with Gasteiger partial charge >= 0.3 is 0 Å². The molecule has 4 rings (SSSR count). The van der Waals surface area contributed by atoms with E-state index in [2.05, 4.69) is 25.1 Å². The molecule has 0 heterocycles. The van der Waals surface area contributed by atoms with E-state index in [1.165, 1.54) is 5.39 Å². The van der Waals surface area contributed by atoms with Crippen LogP contribution in [0.3, 0.4) is 0 Å². The molecule has 1 aliphatic rings. The molecule has 3 aromatic rings. The molecule has 2 unspecified atom stereocenters. The Bertz CT molecular complexity index is 867. The molecule has 2 atom stereocenters. The van der Waals surface area contributed by atoms with Crippen LogP contribution in [0, 0.1) is 0 Å². The van der Waals surface area contributed by atoms with Crippen molar-refractivity contribution in [3.8, 4) is 11.1 Å². The van der Waals surface area contributed by atoms with Crippen LogP contribution in [-0.4, -0.2) is 10.2 Å². The van der Waals surface area contributed by atoms with Gasteiger partial charge in [0.1, 0.15) is 12.2 Å². The minimum Gasteiger partial charge on any atom is -0.385 e. The second kappa shape index (κ2) is 4.94. The highest BCUT2D eigenvalue weighted by atomic mass is 16.3. The molecule has 2 nitrogen and oxygen atoms in total. The van der Waals surface area contributed by atoms with Crippen LogP contribution >= 0.6 is 0 Å². The molecule has 0 bridgehead atoms. The van der Waals surface area contributed by atoms with E-state index in [1.54, 1.807) is 0 Å². The number of aliphatic hydroxyl groups excluding tert-OH is 2. The molecule has 2 N–H and O–H groups in total. The lowest BCUT2D eigenvalue weighted by Gasteiger charge is -2.31. The summed E-state index contributed by atoms with van der Waals surface area (Å²) in [5.74, 6) is 0. The Balaban J connectivity index is 2.16. The molecule has 110 valence electrons. The SMILES string of the molecule is CCc1c2c(cc3ccccc13)-c1ccccc1C(O)C2O. The number of fused-ring (bicyclic) bond motifs is 4. The van der Waals surface area contributed by atoms with Crippen LogP contribution in [0.2, 0.25) is 0 Å². The summed E-state index contributed by atoms with van der Waals surface area (Å²) >= 11 is 0. The van der Waals surface area contributed by atoms with Crippen molar-refractivity contribution < 1.29 is 10.2 Å². The van der Waals surface area contributed by atoms with E-state index in [-0.39, 0.29) is 0 Å². The van der Waals surface area contributed by atoms with Crippen molar-refractivity contribution in [1.82, 2.24) is 0 Å². The first-order valence-electron chi connectivity index (χ1n) is 7.72. The van der Waals surface area contributed by atoms with Crippen LogP contribution in [0.5, 0.6) is 0 Å². The van der Waals surface area contributed by atoms with E-state index < -0.39 is 12.2 Å².